The Morgan fingerprint density at radius 3 is 2.43 bits per heavy atom. The number of alkyl halides is 6. The second-order valence-electron chi connectivity index (χ2n) is 5.21. The minimum Gasteiger partial charge on any atom is -0.467 e. The Labute approximate surface area is 154 Å². The molecule has 1 aromatic heterocycles. The van der Waals surface area contributed by atoms with E-state index in [1.165, 1.54) is 24.3 Å². The van der Waals surface area contributed by atoms with Crippen LogP contribution in [-0.2, 0) is 10.9 Å². The summed E-state index contributed by atoms with van der Waals surface area (Å²) in [6.45, 7) is -0.303. The van der Waals surface area contributed by atoms with Gasteiger partial charge in [0, 0.05) is 6.20 Å². The average Bonchev–Trinajstić information content (AvgIpc) is 2.59. The molecule has 0 atom stereocenters. The largest absolute Gasteiger partial charge is 0.467 e. The van der Waals surface area contributed by atoms with Crippen molar-refractivity contribution in [3.05, 3.63) is 41.6 Å². The van der Waals surface area contributed by atoms with E-state index in [2.05, 4.69) is 20.0 Å². The minimum absolute atomic E-state index is 0.0330. The van der Waals surface area contributed by atoms with Crippen LogP contribution in [0, 0.1) is 0 Å². The molecular weight excluding hydrogens is 396 g/mol. The number of nitrogens with zero attached hydrogens (tertiary/aromatic N) is 2. The highest BCUT2D eigenvalue weighted by Gasteiger charge is 2.38. The molecule has 0 unspecified atom stereocenters. The number of rotatable bonds is 6. The van der Waals surface area contributed by atoms with Crippen LogP contribution < -0.4 is 10.1 Å². The van der Waals surface area contributed by atoms with Crippen LogP contribution in [0.15, 0.2) is 30.5 Å². The number of hydrogen-bond acceptors (Lipinski definition) is 6. The maximum atomic E-state index is 13.0. The summed E-state index contributed by atoms with van der Waals surface area (Å²) < 4.78 is 84.9. The van der Waals surface area contributed by atoms with Crippen molar-refractivity contribution in [1.82, 2.24) is 9.97 Å². The van der Waals surface area contributed by atoms with Gasteiger partial charge < -0.3 is 14.8 Å². The lowest BCUT2D eigenvalue weighted by Gasteiger charge is -2.15. The van der Waals surface area contributed by atoms with Crippen LogP contribution >= 0.6 is 0 Å². The lowest BCUT2D eigenvalue weighted by atomic mass is 10.2. The Morgan fingerprint density at radius 1 is 1.14 bits per heavy atom. The zero-order valence-corrected chi connectivity index (χ0v) is 14.2. The molecule has 28 heavy (non-hydrogen) atoms. The lowest BCUT2D eigenvalue weighted by molar-refractivity contribution is -0.159. The number of carbonyl (C=O) groups excluding carboxylic acids is 1. The van der Waals surface area contributed by atoms with E-state index < -0.39 is 42.3 Å². The van der Waals surface area contributed by atoms with E-state index in [-0.39, 0.29) is 24.1 Å². The van der Waals surface area contributed by atoms with Crippen LogP contribution in [0.1, 0.15) is 22.8 Å². The van der Waals surface area contributed by atoms with Crippen molar-refractivity contribution in [3.63, 3.8) is 0 Å². The summed E-state index contributed by atoms with van der Waals surface area (Å²) >= 11 is 0. The number of carbonyl (C=O) groups is 1. The molecule has 1 aromatic carbocycles. The van der Waals surface area contributed by atoms with E-state index in [0.29, 0.717) is 0 Å². The molecule has 0 bridgehead atoms. The van der Waals surface area contributed by atoms with Crippen LogP contribution in [0.25, 0.3) is 0 Å². The Morgan fingerprint density at radius 2 is 1.82 bits per heavy atom. The molecule has 2 aromatic rings. The number of nitrogens with one attached hydrogen (secondary N) is 1. The lowest BCUT2D eigenvalue weighted by Crippen LogP contribution is -2.22. The minimum atomic E-state index is -5.03. The fourth-order valence-corrected chi connectivity index (χ4v) is 1.98. The SMILES string of the molecule is CCOC(=O)c1ccccc1Nc1ncc(C(F)(F)F)c(OCC(F)(F)F)n1. The van der Waals surface area contributed by atoms with Gasteiger partial charge in [0.25, 0.3) is 0 Å². The summed E-state index contributed by atoms with van der Waals surface area (Å²) in [5.74, 6) is -2.51. The van der Waals surface area contributed by atoms with Crippen LogP contribution in [0.5, 0.6) is 5.88 Å². The van der Waals surface area contributed by atoms with Gasteiger partial charge in [-0.05, 0) is 19.1 Å². The molecule has 1 heterocycles. The smallest absolute Gasteiger partial charge is 0.423 e. The first-order valence-corrected chi connectivity index (χ1v) is 7.68. The first-order valence-electron chi connectivity index (χ1n) is 7.68. The number of para-hydroxylation sites is 1. The van der Waals surface area contributed by atoms with E-state index in [9.17, 15) is 31.1 Å². The molecule has 6 nitrogen and oxygen atoms in total. The van der Waals surface area contributed by atoms with E-state index in [0.717, 1.165) is 0 Å². The van der Waals surface area contributed by atoms with Gasteiger partial charge in [0.1, 0.15) is 5.56 Å². The zero-order chi connectivity index (χ0) is 20.9. The molecule has 0 radical (unpaired) electrons. The number of aromatic nitrogens is 2. The molecule has 0 spiro atoms. The zero-order valence-electron chi connectivity index (χ0n) is 14.2. The Kier molecular flexibility index (Phi) is 6.31. The molecule has 0 aliphatic heterocycles. The van der Waals surface area contributed by atoms with Gasteiger partial charge in [-0.15, -0.1) is 0 Å². The average molecular weight is 409 g/mol. The van der Waals surface area contributed by atoms with E-state index in [4.69, 9.17) is 4.74 Å². The third-order valence-corrected chi connectivity index (χ3v) is 3.10. The van der Waals surface area contributed by atoms with Crippen molar-refractivity contribution in [2.75, 3.05) is 18.5 Å². The molecule has 2 rings (SSSR count). The van der Waals surface area contributed by atoms with E-state index >= 15 is 0 Å². The van der Waals surface area contributed by atoms with Crippen LogP contribution in [0.2, 0.25) is 0 Å². The second kappa shape index (κ2) is 8.31. The third kappa shape index (κ3) is 5.72. The molecule has 152 valence electrons. The standard InChI is InChI=1S/C16H13F6N3O3/c1-2-27-13(26)9-5-3-4-6-11(9)24-14-23-7-10(16(20,21)22)12(25-14)28-8-15(17,18)19/h3-7H,2,8H2,1H3,(H,23,24,25). The molecular formula is C16H13F6N3O3. The van der Waals surface area contributed by atoms with Gasteiger partial charge in [0.2, 0.25) is 11.8 Å². The summed E-state index contributed by atoms with van der Waals surface area (Å²) in [7, 11) is 0. The number of hydrogen-bond donors (Lipinski definition) is 1. The summed E-state index contributed by atoms with van der Waals surface area (Å²) in [6.07, 6.45) is -9.60. The summed E-state index contributed by atoms with van der Waals surface area (Å²) in [5, 5.41) is 2.48. The normalized spacial score (nSPS) is 11.8. The fourth-order valence-electron chi connectivity index (χ4n) is 1.98. The molecule has 0 saturated heterocycles. The number of anilines is 2. The Balaban J connectivity index is 2.36. The molecule has 0 amide bonds. The van der Waals surface area contributed by atoms with E-state index in [1.54, 1.807) is 6.92 Å². The molecule has 0 saturated carbocycles. The van der Waals surface area contributed by atoms with Crippen LogP contribution in [0.3, 0.4) is 0 Å². The second-order valence-corrected chi connectivity index (χ2v) is 5.21. The first-order chi connectivity index (χ1) is 13.0. The maximum absolute atomic E-state index is 13.0. The van der Waals surface area contributed by atoms with Gasteiger partial charge in [-0.3, -0.25) is 0 Å². The van der Waals surface area contributed by atoms with Crippen molar-refractivity contribution < 1.29 is 40.6 Å². The van der Waals surface area contributed by atoms with E-state index in [1.807, 2.05) is 0 Å². The van der Waals surface area contributed by atoms with Crippen molar-refractivity contribution in [1.29, 1.82) is 0 Å². The van der Waals surface area contributed by atoms with Gasteiger partial charge in [-0.1, -0.05) is 12.1 Å². The summed E-state index contributed by atoms with van der Waals surface area (Å²) in [4.78, 5) is 18.7. The number of benzene rings is 1. The highest BCUT2D eigenvalue weighted by atomic mass is 19.4. The number of esters is 1. The van der Waals surface area contributed by atoms with Crippen molar-refractivity contribution in [2.45, 2.75) is 19.3 Å². The Bertz CT molecular complexity index is 839. The third-order valence-electron chi connectivity index (χ3n) is 3.10. The topological polar surface area (TPSA) is 73.3 Å². The van der Waals surface area contributed by atoms with Gasteiger partial charge in [0.15, 0.2) is 6.61 Å². The maximum Gasteiger partial charge on any atom is 0.423 e. The van der Waals surface area contributed by atoms with Gasteiger partial charge in [-0.25, -0.2) is 9.78 Å². The quantitative estimate of drug-likeness (QED) is 0.565. The fraction of sp³-hybridized carbons (Fsp3) is 0.312. The predicted molar refractivity (Wildman–Crippen MR) is 84.3 cm³/mol. The van der Waals surface area contributed by atoms with Gasteiger partial charge in [0.05, 0.1) is 17.9 Å². The van der Waals surface area contributed by atoms with Crippen LogP contribution in [-0.4, -0.2) is 35.3 Å². The van der Waals surface area contributed by atoms with Crippen molar-refractivity contribution in [3.8, 4) is 5.88 Å². The van der Waals surface area contributed by atoms with Gasteiger partial charge >= 0.3 is 18.3 Å². The molecule has 12 heteroatoms. The number of ether oxygens (including phenoxy) is 2. The van der Waals surface area contributed by atoms with Crippen molar-refractivity contribution >= 4 is 17.6 Å². The highest BCUT2D eigenvalue weighted by Crippen LogP contribution is 2.36. The monoisotopic (exact) mass is 409 g/mol. The molecule has 0 fully saturated rings. The van der Waals surface area contributed by atoms with Crippen LogP contribution in [0.4, 0.5) is 38.0 Å². The molecule has 0 aliphatic rings. The molecule has 1 N–H and O–H groups in total. The number of halogens is 6. The molecule has 0 aliphatic carbocycles. The van der Waals surface area contributed by atoms with Gasteiger partial charge in [-0.2, -0.15) is 31.3 Å². The first kappa shape index (κ1) is 21.3. The van der Waals surface area contributed by atoms with Crippen molar-refractivity contribution in [2.24, 2.45) is 0 Å². The summed E-state index contributed by atoms with van der Waals surface area (Å²) in [5.41, 5.74) is -1.45. The highest BCUT2D eigenvalue weighted by molar-refractivity contribution is 5.96. The predicted octanol–water partition coefficient (Wildman–Crippen LogP) is 4.36. The summed E-state index contributed by atoms with van der Waals surface area (Å²) in [6, 6.07) is 5.80. The Hall–Kier alpha value is -3.05.